The van der Waals surface area contributed by atoms with Gasteiger partial charge in [-0.25, -0.2) is 0 Å². The maximum absolute atomic E-state index is 13.3. The molecule has 0 unspecified atom stereocenters. The zero-order valence-corrected chi connectivity index (χ0v) is 20.4. The molecule has 184 valence electrons. The van der Waals surface area contributed by atoms with E-state index in [0.717, 1.165) is 26.8 Å². The van der Waals surface area contributed by atoms with Gasteiger partial charge in [-0.3, -0.25) is 24.1 Å². The Morgan fingerprint density at radius 2 is 1.94 bits per heavy atom. The molecule has 4 aliphatic rings. The summed E-state index contributed by atoms with van der Waals surface area (Å²) in [5, 5.41) is 20.2. The molecule has 1 aromatic carbocycles. The molecule has 3 heterocycles. The Bertz CT molecular complexity index is 1300. The summed E-state index contributed by atoms with van der Waals surface area (Å²) < 4.78 is 5.62. The van der Waals surface area contributed by atoms with Crippen molar-refractivity contribution < 1.29 is 29.3 Å². The summed E-state index contributed by atoms with van der Waals surface area (Å²) in [7, 11) is 0. The molecule has 2 bridgehead atoms. The Morgan fingerprint density at radius 3 is 2.66 bits per heavy atom. The number of benzene rings is 1. The first kappa shape index (κ1) is 22.7. The number of hydrogen-bond donors (Lipinski definition) is 3. The number of aromatic nitrogens is 1. The number of carboxylic acids is 1. The van der Waals surface area contributed by atoms with Crippen LogP contribution in [0.25, 0.3) is 0 Å². The predicted octanol–water partition coefficient (Wildman–Crippen LogP) is 2.49. The fraction of sp³-hybridized carbons (Fsp3) is 0.500. The van der Waals surface area contributed by atoms with Crippen molar-refractivity contribution >= 4 is 40.9 Å². The number of phenolic OH excluding ortho intramolecular Hbond substituents is 1. The Labute approximate surface area is 208 Å². The fourth-order valence-corrected chi connectivity index (χ4v) is 9.76. The van der Waals surface area contributed by atoms with Crippen molar-refractivity contribution in [3.63, 3.8) is 0 Å². The number of thioether (sulfide) groups is 1. The van der Waals surface area contributed by atoms with E-state index < -0.39 is 17.8 Å². The molecule has 0 spiro atoms. The molecule has 3 N–H and O–H groups in total. The highest BCUT2D eigenvalue weighted by atomic mass is 32.2. The first-order valence-corrected chi connectivity index (χ1v) is 13.4. The van der Waals surface area contributed by atoms with Gasteiger partial charge < -0.3 is 19.9 Å². The first-order chi connectivity index (χ1) is 16.8. The minimum Gasteiger partial charge on any atom is -0.504 e. The molecule has 3 fully saturated rings. The van der Waals surface area contributed by atoms with Gasteiger partial charge in [-0.05, 0) is 48.8 Å². The zero-order valence-electron chi connectivity index (χ0n) is 18.8. The Kier molecular flexibility index (Phi) is 5.26. The van der Waals surface area contributed by atoms with Crippen molar-refractivity contribution in [2.45, 2.75) is 36.0 Å². The highest BCUT2D eigenvalue weighted by Gasteiger charge is 2.69. The van der Waals surface area contributed by atoms with Crippen LogP contribution in [0.1, 0.15) is 36.1 Å². The molecule has 7 atom stereocenters. The van der Waals surface area contributed by atoms with Gasteiger partial charge in [-0.2, -0.15) is 0 Å². The number of fused-ring (bicyclic) bond motifs is 9. The van der Waals surface area contributed by atoms with E-state index >= 15 is 0 Å². The van der Waals surface area contributed by atoms with Crippen molar-refractivity contribution in [3.05, 3.63) is 38.3 Å². The Morgan fingerprint density at radius 1 is 1.20 bits per heavy atom. The number of rotatable bonds is 6. The lowest BCUT2D eigenvalue weighted by Gasteiger charge is -2.43. The van der Waals surface area contributed by atoms with E-state index in [0.29, 0.717) is 12.4 Å². The van der Waals surface area contributed by atoms with Crippen molar-refractivity contribution in [1.82, 2.24) is 9.88 Å². The smallest absolute Gasteiger partial charge is 0.305 e. The lowest BCUT2D eigenvalue weighted by Crippen LogP contribution is -2.42. The summed E-state index contributed by atoms with van der Waals surface area (Å²) in [4.78, 5) is 54.9. The predicted molar refractivity (Wildman–Crippen MR) is 127 cm³/mol. The average molecular weight is 517 g/mol. The SMILES string of the molecule is CCOc1cc([C@@H]2c3sc(=O)[nH]c3S[C@@H]3[C@H]4C[C@@H]([C@@H]5C(=O)N(CCC(=O)O)C(=O)[C@H]45)[C@H]23)ccc1O. The third-order valence-electron chi connectivity index (χ3n) is 8.01. The van der Waals surface area contributed by atoms with Crippen LogP contribution in [0.4, 0.5) is 0 Å². The molecule has 2 amide bonds. The zero-order chi connectivity index (χ0) is 24.6. The lowest BCUT2D eigenvalue weighted by molar-refractivity contribution is -0.142. The van der Waals surface area contributed by atoms with E-state index in [4.69, 9.17) is 9.84 Å². The quantitative estimate of drug-likeness (QED) is 0.498. The summed E-state index contributed by atoms with van der Waals surface area (Å²) in [5.41, 5.74) is 0.904. The van der Waals surface area contributed by atoms with Gasteiger partial charge in [0.05, 0.1) is 29.9 Å². The van der Waals surface area contributed by atoms with Gasteiger partial charge in [0.25, 0.3) is 0 Å². The topological polar surface area (TPSA) is 137 Å². The van der Waals surface area contributed by atoms with Crippen molar-refractivity contribution in [2.24, 2.45) is 29.6 Å². The van der Waals surface area contributed by atoms with Gasteiger partial charge in [0.2, 0.25) is 11.8 Å². The molecule has 9 nitrogen and oxygen atoms in total. The Hall–Kier alpha value is -2.79. The number of amides is 2. The van der Waals surface area contributed by atoms with Crippen molar-refractivity contribution in [3.8, 4) is 11.5 Å². The van der Waals surface area contributed by atoms with Crippen molar-refractivity contribution in [1.29, 1.82) is 0 Å². The molecule has 6 rings (SSSR count). The van der Waals surface area contributed by atoms with E-state index in [1.54, 1.807) is 17.8 Å². The number of ether oxygens (including phenoxy) is 1. The van der Waals surface area contributed by atoms with Gasteiger partial charge in [0, 0.05) is 22.6 Å². The maximum Gasteiger partial charge on any atom is 0.305 e. The third kappa shape index (κ3) is 3.27. The number of nitrogens with zero attached hydrogens (tertiary/aromatic N) is 1. The van der Waals surface area contributed by atoms with Crippen LogP contribution < -0.4 is 9.61 Å². The molecule has 0 radical (unpaired) electrons. The molecule has 11 heteroatoms. The van der Waals surface area contributed by atoms with Gasteiger partial charge in [0.15, 0.2) is 11.5 Å². The highest BCUT2D eigenvalue weighted by Crippen LogP contribution is 2.68. The number of likely N-dealkylation sites (tertiary alicyclic amines) is 1. The summed E-state index contributed by atoms with van der Waals surface area (Å²) >= 11 is 2.77. The Balaban J connectivity index is 1.42. The summed E-state index contributed by atoms with van der Waals surface area (Å²) in [6, 6.07) is 5.25. The minimum absolute atomic E-state index is 0.0196. The van der Waals surface area contributed by atoms with Gasteiger partial charge in [-0.15, -0.1) is 11.8 Å². The number of thiazole rings is 1. The molecule has 2 aliphatic carbocycles. The number of aromatic hydroxyl groups is 1. The molecular weight excluding hydrogens is 492 g/mol. The van der Waals surface area contributed by atoms with E-state index in [2.05, 4.69) is 4.98 Å². The first-order valence-electron chi connectivity index (χ1n) is 11.7. The van der Waals surface area contributed by atoms with E-state index in [1.807, 2.05) is 19.1 Å². The second-order valence-electron chi connectivity index (χ2n) is 9.59. The molecule has 35 heavy (non-hydrogen) atoms. The molecule has 2 saturated carbocycles. The van der Waals surface area contributed by atoms with Crippen LogP contribution in [-0.2, 0) is 14.4 Å². The van der Waals surface area contributed by atoms with Crippen LogP contribution in [0.15, 0.2) is 28.0 Å². The van der Waals surface area contributed by atoms with Gasteiger partial charge in [-0.1, -0.05) is 17.4 Å². The maximum atomic E-state index is 13.3. The van der Waals surface area contributed by atoms with Gasteiger partial charge >= 0.3 is 10.8 Å². The largest absolute Gasteiger partial charge is 0.504 e. The van der Waals surface area contributed by atoms with Gasteiger partial charge in [0.1, 0.15) is 0 Å². The standard InChI is InChI=1S/C24H24N2O7S2/c1-2-33-13-7-9(3-4-12(13)27)15-16-10-8-11(19(16)34-21-20(15)35-24(32)25-21)18-17(10)22(30)26(23(18)31)6-5-14(28)29/h3-4,7,10-11,15-19,27H,2,5-6,8H2,1H3,(H,25,32)(H,28,29)/t10-,11+,15+,16-,17+,18-,19-/m1/s1. The van der Waals surface area contributed by atoms with Crippen LogP contribution in [0.3, 0.4) is 0 Å². The van der Waals surface area contributed by atoms with Crippen LogP contribution in [0.5, 0.6) is 11.5 Å². The second-order valence-corrected chi connectivity index (χ2v) is 11.8. The van der Waals surface area contributed by atoms with E-state index in [9.17, 15) is 24.3 Å². The van der Waals surface area contributed by atoms with E-state index in [1.165, 1.54) is 11.3 Å². The number of nitrogens with one attached hydrogen (secondary N) is 1. The number of imide groups is 1. The number of carboxylic acid groups (broad SMARTS) is 1. The number of phenols is 1. The highest BCUT2D eigenvalue weighted by molar-refractivity contribution is 8.00. The number of carbonyl (C=O) groups is 3. The molecule has 2 aromatic rings. The third-order valence-corrected chi connectivity index (χ3v) is 10.6. The molecular formula is C24H24N2O7S2. The number of H-pyrrole nitrogens is 1. The minimum atomic E-state index is -1.04. The molecule has 1 aromatic heterocycles. The number of carbonyl (C=O) groups excluding carboxylic acids is 2. The lowest BCUT2D eigenvalue weighted by atomic mass is 9.68. The summed E-state index contributed by atoms with van der Waals surface area (Å²) in [6.45, 7) is 2.13. The molecule has 2 aliphatic heterocycles. The normalized spacial score (nSPS) is 32.5. The molecule has 1 saturated heterocycles. The van der Waals surface area contributed by atoms with Crippen LogP contribution in [-0.4, -0.2) is 56.3 Å². The summed E-state index contributed by atoms with van der Waals surface area (Å²) in [6.07, 6.45) is 0.497. The monoisotopic (exact) mass is 516 g/mol. The number of hydrogen-bond acceptors (Lipinski definition) is 8. The average Bonchev–Trinajstić information content (AvgIpc) is 3.53. The second kappa shape index (κ2) is 8.12. The number of aliphatic carboxylic acids is 1. The number of aromatic amines is 1. The van der Waals surface area contributed by atoms with Crippen molar-refractivity contribution in [2.75, 3.05) is 13.2 Å². The summed E-state index contributed by atoms with van der Waals surface area (Å²) in [5.74, 6) is -2.24. The van der Waals surface area contributed by atoms with Crippen LogP contribution >= 0.6 is 23.1 Å². The van der Waals surface area contributed by atoms with Crippen LogP contribution in [0.2, 0.25) is 0 Å². The fourth-order valence-electron chi connectivity index (χ4n) is 6.87. The van der Waals surface area contributed by atoms with E-state index in [-0.39, 0.29) is 64.3 Å². The van der Waals surface area contributed by atoms with Crippen LogP contribution in [0, 0.1) is 29.6 Å².